The van der Waals surface area contributed by atoms with E-state index in [2.05, 4.69) is 53.9 Å². The van der Waals surface area contributed by atoms with Crippen LogP contribution in [0.25, 0.3) is 4.96 Å². The van der Waals surface area contributed by atoms with Crippen molar-refractivity contribution in [2.24, 2.45) is 0 Å². The van der Waals surface area contributed by atoms with Gasteiger partial charge in [0.15, 0.2) is 10.8 Å². The molecule has 5 heteroatoms. The maximum Gasteiger partial charge on any atom is 0.195 e. The molecule has 0 radical (unpaired) electrons. The zero-order chi connectivity index (χ0) is 14.3. The minimum Gasteiger partial charge on any atom is -0.352 e. The number of aromatic nitrogens is 2. The summed E-state index contributed by atoms with van der Waals surface area (Å²) in [5.41, 5.74) is 1.42. The largest absolute Gasteiger partial charge is 0.352 e. The average Bonchev–Trinajstić information content (AvgIpc) is 2.98. The van der Waals surface area contributed by atoms with Gasteiger partial charge in [0.2, 0.25) is 0 Å². The Kier molecular flexibility index (Phi) is 3.50. The molecule has 2 aromatic rings. The number of hydrogen-bond donors (Lipinski definition) is 1. The van der Waals surface area contributed by atoms with E-state index in [1.165, 1.54) is 24.4 Å². The molecular weight excluding hydrogens is 268 g/mol. The first kappa shape index (κ1) is 13.9. The molecule has 20 heavy (non-hydrogen) atoms. The summed E-state index contributed by atoms with van der Waals surface area (Å²) in [4.78, 5) is 8.45. The van der Waals surface area contributed by atoms with Gasteiger partial charge in [-0.05, 0) is 40.5 Å². The highest BCUT2D eigenvalue weighted by atomic mass is 32.1. The predicted molar refractivity (Wildman–Crippen MR) is 85.7 cm³/mol. The van der Waals surface area contributed by atoms with E-state index < -0.39 is 0 Å². The molecule has 0 spiro atoms. The molecule has 2 aromatic heterocycles. The Morgan fingerprint density at radius 2 is 2.20 bits per heavy atom. The molecule has 1 N–H and O–H groups in total. The van der Waals surface area contributed by atoms with Crippen LogP contribution in [0.5, 0.6) is 0 Å². The maximum absolute atomic E-state index is 4.87. The lowest BCUT2D eigenvalue weighted by Crippen LogP contribution is -2.36. The number of thiazole rings is 1. The van der Waals surface area contributed by atoms with Gasteiger partial charge in [-0.3, -0.25) is 4.40 Å². The number of nitrogens with zero attached hydrogens (tertiary/aromatic N) is 3. The molecule has 0 aromatic carbocycles. The van der Waals surface area contributed by atoms with Gasteiger partial charge in [-0.2, -0.15) is 0 Å². The molecule has 1 aliphatic carbocycles. The molecule has 110 valence electrons. The van der Waals surface area contributed by atoms with Crippen molar-refractivity contribution in [3.05, 3.63) is 17.3 Å². The van der Waals surface area contributed by atoms with Crippen molar-refractivity contribution >= 4 is 22.1 Å². The third-order valence-electron chi connectivity index (χ3n) is 3.73. The highest BCUT2D eigenvalue weighted by molar-refractivity contribution is 7.15. The second-order valence-electron chi connectivity index (χ2n) is 6.56. The van der Waals surface area contributed by atoms with Crippen LogP contribution in [0, 0.1) is 0 Å². The van der Waals surface area contributed by atoms with Crippen molar-refractivity contribution in [3.8, 4) is 0 Å². The van der Waals surface area contributed by atoms with Gasteiger partial charge in [-0.15, -0.1) is 11.3 Å². The van der Waals surface area contributed by atoms with Gasteiger partial charge in [0.1, 0.15) is 0 Å². The lowest BCUT2D eigenvalue weighted by molar-refractivity contribution is 0.420. The fourth-order valence-electron chi connectivity index (χ4n) is 2.53. The van der Waals surface area contributed by atoms with Gasteiger partial charge in [0, 0.05) is 36.2 Å². The number of fused-ring (bicyclic) bond motifs is 1. The second kappa shape index (κ2) is 5.04. The third-order valence-corrected chi connectivity index (χ3v) is 4.48. The summed E-state index contributed by atoms with van der Waals surface area (Å²) in [7, 11) is 0. The Morgan fingerprint density at radius 1 is 1.45 bits per heavy atom. The highest BCUT2D eigenvalue weighted by Gasteiger charge is 2.31. The molecule has 1 saturated carbocycles. The van der Waals surface area contributed by atoms with Crippen LogP contribution in [-0.2, 0) is 6.54 Å². The topological polar surface area (TPSA) is 32.6 Å². The summed E-state index contributed by atoms with van der Waals surface area (Å²) < 4.78 is 2.24. The van der Waals surface area contributed by atoms with Crippen molar-refractivity contribution in [2.75, 3.05) is 11.4 Å². The lowest BCUT2D eigenvalue weighted by Gasteiger charge is -2.24. The Labute approximate surface area is 124 Å². The van der Waals surface area contributed by atoms with E-state index in [0.717, 1.165) is 18.1 Å². The Balaban J connectivity index is 1.95. The second-order valence-corrected chi connectivity index (χ2v) is 7.43. The predicted octanol–water partition coefficient (Wildman–Crippen LogP) is 3.27. The molecule has 0 aliphatic heterocycles. The van der Waals surface area contributed by atoms with Gasteiger partial charge in [0.05, 0.1) is 5.69 Å². The molecule has 0 unspecified atom stereocenters. The van der Waals surface area contributed by atoms with Crippen molar-refractivity contribution in [2.45, 2.75) is 58.7 Å². The summed E-state index contributed by atoms with van der Waals surface area (Å²) in [6, 6.07) is 0.706. The van der Waals surface area contributed by atoms with Gasteiger partial charge in [-0.1, -0.05) is 0 Å². The lowest BCUT2D eigenvalue weighted by atomic mass is 10.1. The van der Waals surface area contributed by atoms with E-state index in [0.29, 0.717) is 6.04 Å². The molecule has 2 heterocycles. The van der Waals surface area contributed by atoms with Gasteiger partial charge in [0.25, 0.3) is 0 Å². The van der Waals surface area contributed by atoms with Crippen molar-refractivity contribution < 1.29 is 0 Å². The molecular formula is C15H24N4S. The molecule has 0 atom stereocenters. The minimum atomic E-state index is 0.119. The summed E-state index contributed by atoms with van der Waals surface area (Å²) in [5, 5.41) is 5.71. The fourth-order valence-corrected chi connectivity index (χ4v) is 3.26. The average molecular weight is 292 g/mol. The molecule has 0 amide bonds. The van der Waals surface area contributed by atoms with Gasteiger partial charge in [-0.25, -0.2) is 4.98 Å². The summed E-state index contributed by atoms with van der Waals surface area (Å²) in [6.45, 7) is 10.7. The number of nitrogens with one attached hydrogen (secondary N) is 1. The number of hydrogen-bond acceptors (Lipinski definition) is 4. The minimum absolute atomic E-state index is 0.119. The van der Waals surface area contributed by atoms with Crippen LogP contribution in [0.3, 0.4) is 0 Å². The van der Waals surface area contributed by atoms with Crippen LogP contribution in [0.4, 0.5) is 5.82 Å². The Morgan fingerprint density at radius 3 is 2.80 bits per heavy atom. The van der Waals surface area contributed by atoms with Crippen molar-refractivity contribution in [3.63, 3.8) is 0 Å². The smallest absolute Gasteiger partial charge is 0.195 e. The summed E-state index contributed by atoms with van der Waals surface area (Å²) in [6.07, 6.45) is 4.76. The first-order chi connectivity index (χ1) is 9.49. The van der Waals surface area contributed by atoms with E-state index in [9.17, 15) is 0 Å². The van der Waals surface area contributed by atoms with Crippen LogP contribution in [0.15, 0.2) is 11.6 Å². The fraction of sp³-hybridized carbons (Fsp3) is 0.667. The summed E-state index contributed by atoms with van der Waals surface area (Å²) in [5.74, 6) is 1.18. The highest BCUT2D eigenvalue weighted by Crippen LogP contribution is 2.34. The van der Waals surface area contributed by atoms with Crippen molar-refractivity contribution in [1.82, 2.24) is 14.7 Å². The number of imidazole rings is 1. The normalized spacial score (nSPS) is 16.0. The first-order valence-electron chi connectivity index (χ1n) is 7.45. The summed E-state index contributed by atoms with van der Waals surface area (Å²) >= 11 is 1.71. The van der Waals surface area contributed by atoms with E-state index >= 15 is 0 Å². The van der Waals surface area contributed by atoms with Crippen LogP contribution >= 0.6 is 11.3 Å². The van der Waals surface area contributed by atoms with Crippen LogP contribution < -0.4 is 10.2 Å². The zero-order valence-electron chi connectivity index (χ0n) is 12.8. The molecule has 4 nitrogen and oxygen atoms in total. The van der Waals surface area contributed by atoms with Crippen LogP contribution in [0.1, 0.15) is 46.2 Å². The number of anilines is 1. The molecule has 0 bridgehead atoms. The van der Waals surface area contributed by atoms with E-state index in [1.54, 1.807) is 11.3 Å². The zero-order valence-corrected chi connectivity index (χ0v) is 13.6. The molecule has 1 fully saturated rings. The molecule has 0 saturated heterocycles. The standard InChI is InChI=1S/C15H24N4S/c1-5-18(11-6-7-11)13-12(10-16-15(2,3)4)19-8-9-20-14(19)17-13/h8-9,11,16H,5-7,10H2,1-4H3. The maximum atomic E-state index is 4.87. The van der Waals surface area contributed by atoms with Crippen LogP contribution in [-0.4, -0.2) is 27.5 Å². The SMILES string of the molecule is CCN(c1nc2sccn2c1CNC(C)(C)C)C1CC1. The van der Waals surface area contributed by atoms with E-state index in [1.807, 2.05) is 0 Å². The van der Waals surface area contributed by atoms with E-state index in [-0.39, 0.29) is 5.54 Å². The third kappa shape index (κ3) is 2.69. The Hall–Kier alpha value is -1.07. The first-order valence-corrected chi connectivity index (χ1v) is 8.33. The van der Waals surface area contributed by atoms with Crippen molar-refractivity contribution in [1.29, 1.82) is 0 Å². The van der Waals surface area contributed by atoms with Gasteiger partial charge >= 0.3 is 0 Å². The Bertz CT molecular complexity index is 589. The number of rotatable bonds is 5. The van der Waals surface area contributed by atoms with Crippen LogP contribution in [0.2, 0.25) is 0 Å². The quantitative estimate of drug-likeness (QED) is 0.918. The van der Waals surface area contributed by atoms with Gasteiger partial charge < -0.3 is 10.2 Å². The molecule has 3 rings (SSSR count). The molecule has 1 aliphatic rings. The monoisotopic (exact) mass is 292 g/mol. The van der Waals surface area contributed by atoms with E-state index in [4.69, 9.17) is 4.98 Å².